The zero-order valence-electron chi connectivity index (χ0n) is 19.2. The quantitative estimate of drug-likeness (QED) is 0.149. The molecule has 3 heterocycles. The summed E-state index contributed by atoms with van der Waals surface area (Å²) in [5, 5.41) is 61.9. The number of aliphatic hydroxyl groups is 5. The minimum absolute atomic E-state index is 0.0812. The fourth-order valence-corrected chi connectivity index (χ4v) is 5.12. The number of aromatic hydroxyl groups is 1. The minimum atomic E-state index is -1.70. The molecule has 0 spiro atoms. The highest BCUT2D eigenvalue weighted by atomic mass is 16.8. The molecule has 1 aliphatic carbocycles. The SMILES string of the molecule is C[C@]12O[C@H]1[C@@H](O)[C@]1(O)C=CO[C@@H](O[C@@H]3O[C@H](COC(=O)/C=C/c4ccc(O)cc4)[C@H](O)[C@H](O)[C@H]3O)[C@@H]12. The molecule has 1 aromatic rings. The van der Waals surface area contributed by atoms with E-state index in [-0.39, 0.29) is 5.75 Å². The molecule has 0 unspecified atom stereocenters. The summed E-state index contributed by atoms with van der Waals surface area (Å²) < 4.78 is 27.5. The zero-order valence-corrected chi connectivity index (χ0v) is 19.2. The van der Waals surface area contributed by atoms with E-state index in [1.807, 2.05) is 0 Å². The van der Waals surface area contributed by atoms with E-state index in [1.165, 1.54) is 30.5 Å². The molecule has 1 aromatic carbocycles. The minimum Gasteiger partial charge on any atom is -0.508 e. The van der Waals surface area contributed by atoms with Crippen molar-refractivity contribution < 1.29 is 59.1 Å². The van der Waals surface area contributed by atoms with E-state index >= 15 is 0 Å². The predicted octanol–water partition coefficient (Wildman–Crippen LogP) is -1.48. The molecule has 3 aliphatic heterocycles. The van der Waals surface area contributed by atoms with E-state index in [2.05, 4.69) is 0 Å². The van der Waals surface area contributed by atoms with E-state index in [9.17, 15) is 35.4 Å². The van der Waals surface area contributed by atoms with Crippen molar-refractivity contribution >= 4 is 12.0 Å². The first-order valence-corrected chi connectivity index (χ1v) is 11.4. The molecule has 6 N–H and O–H groups in total. The summed E-state index contributed by atoms with van der Waals surface area (Å²) in [6.07, 6.45) is -5.78. The first kappa shape index (κ1) is 25.1. The summed E-state index contributed by atoms with van der Waals surface area (Å²) in [6, 6.07) is 6.10. The van der Waals surface area contributed by atoms with Crippen molar-refractivity contribution in [1.82, 2.24) is 0 Å². The zero-order chi connectivity index (χ0) is 25.8. The van der Waals surface area contributed by atoms with Gasteiger partial charge in [0.1, 0.15) is 60.2 Å². The first-order valence-electron chi connectivity index (χ1n) is 11.4. The fourth-order valence-electron chi connectivity index (χ4n) is 5.12. The van der Waals surface area contributed by atoms with Crippen molar-refractivity contribution in [2.45, 2.75) is 67.3 Å². The lowest BCUT2D eigenvalue weighted by atomic mass is 9.82. The van der Waals surface area contributed by atoms with Crippen LogP contribution in [0.2, 0.25) is 0 Å². The Balaban J connectivity index is 1.22. The number of epoxide rings is 1. The normalized spacial score (nSPS) is 45.1. The highest BCUT2D eigenvalue weighted by Gasteiger charge is 2.79. The number of hydrogen-bond donors (Lipinski definition) is 6. The van der Waals surface area contributed by atoms with E-state index < -0.39 is 78.9 Å². The van der Waals surface area contributed by atoms with Gasteiger partial charge in [-0.3, -0.25) is 0 Å². The third-order valence-electron chi connectivity index (χ3n) is 7.22. The summed E-state index contributed by atoms with van der Waals surface area (Å²) in [5.74, 6) is -1.55. The van der Waals surface area contributed by atoms with Crippen LogP contribution in [0.1, 0.15) is 12.5 Å². The van der Waals surface area contributed by atoms with Gasteiger partial charge in [0, 0.05) is 6.08 Å². The Morgan fingerprint density at radius 1 is 1.08 bits per heavy atom. The molecule has 2 saturated heterocycles. The Bertz CT molecular complexity index is 1040. The molecule has 196 valence electrons. The van der Waals surface area contributed by atoms with Crippen molar-refractivity contribution in [3.8, 4) is 5.75 Å². The third-order valence-corrected chi connectivity index (χ3v) is 7.22. The van der Waals surface area contributed by atoms with Crippen LogP contribution in [0.25, 0.3) is 6.08 Å². The number of esters is 1. The standard InChI is InChI=1S/C24H28O12/c1-23-18-22(32-9-8-24(18,31)19(30)20(23)36-23)35-21-17(29)16(28)15(27)13(34-21)10-33-14(26)7-4-11-2-5-12(25)6-3-11/h2-9,13,15-22,25,27-31H,10H2,1H3/b7-4+/t13-,15+,16+,17-,18-,19-,20+,21+,22+,23-,24+/m1/s1. The predicted molar refractivity (Wildman–Crippen MR) is 118 cm³/mol. The maximum absolute atomic E-state index is 12.1. The molecule has 11 atom stereocenters. The monoisotopic (exact) mass is 508 g/mol. The van der Waals surface area contributed by atoms with Gasteiger partial charge in [0.05, 0.1) is 12.2 Å². The smallest absolute Gasteiger partial charge is 0.330 e. The maximum Gasteiger partial charge on any atom is 0.330 e. The highest BCUT2D eigenvalue weighted by molar-refractivity contribution is 5.87. The molecule has 12 heteroatoms. The van der Waals surface area contributed by atoms with E-state index in [0.717, 1.165) is 6.08 Å². The second-order valence-electron chi connectivity index (χ2n) is 9.55. The largest absolute Gasteiger partial charge is 0.508 e. The Morgan fingerprint density at radius 3 is 2.53 bits per heavy atom. The van der Waals surface area contributed by atoms with Crippen molar-refractivity contribution in [1.29, 1.82) is 0 Å². The number of aliphatic hydroxyl groups excluding tert-OH is 4. The van der Waals surface area contributed by atoms with Gasteiger partial charge < -0.3 is 54.3 Å². The molecule has 0 radical (unpaired) electrons. The Labute approximate surface area is 205 Å². The molecule has 0 amide bonds. The van der Waals surface area contributed by atoms with Gasteiger partial charge in [0.2, 0.25) is 6.29 Å². The number of ether oxygens (including phenoxy) is 5. The average Bonchev–Trinajstić information content (AvgIpc) is 3.49. The maximum atomic E-state index is 12.1. The summed E-state index contributed by atoms with van der Waals surface area (Å²) in [6.45, 7) is 1.22. The van der Waals surface area contributed by atoms with Crippen LogP contribution in [0.5, 0.6) is 5.75 Å². The summed E-state index contributed by atoms with van der Waals surface area (Å²) >= 11 is 0. The highest BCUT2D eigenvalue weighted by Crippen LogP contribution is 2.61. The molecule has 36 heavy (non-hydrogen) atoms. The van der Waals surface area contributed by atoms with Crippen molar-refractivity contribution in [2.75, 3.05) is 6.61 Å². The first-order chi connectivity index (χ1) is 17.0. The molecule has 5 rings (SSSR count). The van der Waals surface area contributed by atoms with Crippen molar-refractivity contribution in [2.24, 2.45) is 5.92 Å². The second-order valence-corrected chi connectivity index (χ2v) is 9.55. The molecular formula is C24H28O12. The van der Waals surface area contributed by atoms with Crippen LogP contribution in [-0.4, -0.2) is 104 Å². The van der Waals surface area contributed by atoms with Crippen LogP contribution in [0, 0.1) is 5.92 Å². The van der Waals surface area contributed by atoms with Crippen LogP contribution in [0.3, 0.4) is 0 Å². The Morgan fingerprint density at radius 2 is 1.81 bits per heavy atom. The summed E-state index contributed by atoms with van der Waals surface area (Å²) in [5.41, 5.74) is -2.00. The van der Waals surface area contributed by atoms with Gasteiger partial charge in [-0.1, -0.05) is 12.1 Å². The number of phenolic OH excluding ortho intramolecular Hbond substituents is 1. The van der Waals surface area contributed by atoms with Gasteiger partial charge in [-0.2, -0.15) is 0 Å². The summed E-state index contributed by atoms with van der Waals surface area (Å²) in [4.78, 5) is 12.1. The Kier molecular flexibility index (Phi) is 6.34. The number of carbonyl (C=O) groups excluding carboxylic acids is 1. The number of benzene rings is 1. The van der Waals surface area contributed by atoms with E-state index in [1.54, 1.807) is 19.1 Å². The number of phenols is 1. The van der Waals surface area contributed by atoms with Crippen LogP contribution in [0.15, 0.2) is 42.7 Å². The van der Waals surface area contributed by atoms with E-state index in [4.69, 9.17) is 23.7 Å². The van der Waals surface area contributed by atoms with Crippen LogP contribution >= 0.6 is 0 Å². The van der Waals surface area contributed by atoms with Crippen LogP contribution < -0.4 is 0 Å². The van der Waals surface area contributed by atoms with Crippen molar-refractivity contribution in [3.05, 3.63) is 48.2 Å². The second kappa shape index (κ2) is 9.08. The number of fused-ring (bicyclic) bond motifs is 3. The number of rotatable bonds is 6. The van der Waals surface area contributed by atoms with Gasteiger partial charge in [-0.05, 0) is 36.8 Å². The van der Waals surface area contributed by atoms with Crippen LogP contribution in [0.4, 0.5) is 0 Å². The third kappa shape index (κ3) is 4.19. The van der Waals surface area contributed by atoms with Gasteiger partial charge in [0.15, 0.2) is 6.29 Å². The number of carbonyl (C=O) groups is 1. The molecule has 4 aliphatic rings. The topological polar surface area (TPSA) is 188 Å². The molecule has 3 fully saturated rings. The molecule has 1 saturated carbocycles. The lowest BCUT2D eigenvalue weighted by molar-refractivity contribution is -0.350. The number of hydrogen-bond acceptors (Lipinski definition) is 12. The average molecular weight is 508 g/mol. The van der Waals surface area contributed by atoms with Gasteiger partial charge >= 0.3 is 5.97 Å². The van der Waals surface area contributed by atoms with E-state index in [0.29, 0.717) is 5.56 Å². The summed E-state index contributed by atoms with van der Waals surface area (Å²) in [7, 11) is 0. The Hall–Kier alpha value is -2.55. The van der Waals surface area contributed by atoms with Gasteiger partial charge in [-0.25, -0.2) is 4.79 Å². The molecule has 12 nitrogen and oxygen atoms in total. The van der Waals surface area contributed by atoms with Gasteiger partial charge in [0.25, 0.3) is 0 Å². The lowest BCUT2D eigenvalue weighted by Gasteiger charge is -2.45. The lowest BCUT2D eigenvalue weighted by Crippen LogP contribution is -2.62. The van der Waals surface area contributed by atoms with Gasteiger partial charge in [-0.15, -0.1) is 0 Å². The van der Waals surface area contributed by atoms with Crippen LogP contribution in [-0.2, 0) is 28.5 Å². The molecule has 0 bridgehead atoms. The van der Waals surface area contributed by atoms with Crippen molar-refractivity contribution in [3.63, 3.8) is 0 Å². The molecule has 0 aromatic heterocycles. The molecular weight excluding hydrogens is 480 g/mol. The fraction of sp³-hybridized carbons (Fsp3) is 0.542.